The van der Waals surface area contributed by atoms with Crippen molar-refractivity contribution in [3.05, 3.63) is 21.9 Å². The molecule has 0 bridgehead atoms. The number of nitrogens with two attached hydrogens (primary N) is 1. The number of nitrogens with zero attached hydrogens (tertiary/aromatic N) is 1. The van der Waals surface area contributed by atoms with Crippen molar-refractivity contribution in [2.75, 3.05) is 13.6 Å². The van der Waals surface area contributed by atoms with E-state index in [1.54, 1.807) is 18.5 Å². The van der Waals surface area contributed by atoms with E-state index in [4.69, 9.17) is 5.84 Å². The van der Waals surface area contributed by atoms with E-state index in [0.29, 0.717) is 10.4 Å². The van der Waals surface area contributed by atoms with Gasteiger partial charge >= 0.3 is 6.18 Å². The SMILES string of the molecule is CN(CCC(F)(F)F)Cc1ccsc1C(=O)NN. The molecular formula is C10H14F3N3OS. The first-order valence-electron chi connectivity index (χ1n) is 5.16. The van der Waals surface area contributed by atoms with E-state index in [0.717, 1.165) is 0 Å². The lowest BCUT2D eigenvalue weighted by molar-refractivity contribution is -0.137. The zero-order chi connectivity index (χ0) is 13.8. The average molecular weight is 281 g/mol. The fourth-order valence-corrected chi connectivity index (χ4v) is 2.23. The maximum absolute atomic E-state index is 12.1. The molecule has 8 heteroatoms. The van der Waals surface area contributed by atoms with Crippen molar-refractivity contribution in [1.82, 2.24) is 10.3 Å². The Morgan fingerprint density at radius 2 is 2.22 bits per heavy atom. The summed E-state index contributed by atoms with van der Waals surface area (Å²) >= 11 is 1.21. The number of hydrogen-bond donors (Lipinski definition) is 2. The monoisotopic (exact) mass is 281 g/mol. The number of carbonyl (C=O) groups excluding carboxylic acids is 1. The molecule has 1 aromatic rings. The summed E-state index contributed by atoms with van der Waals surface area (Å²) in [6.45, 7) is 0.172. The van der Waals surface area contributed by atoms with Gasteiger partial charge in [0, 0.05) is 13.1 Å². The molecule has 0 aromatic carbocycles. The van der Waals surface area contributed by atoms with Crippen LogP contribution >= 0.6 is 11.3 Å². The van der Waals surface area contributed by atoms with Crippen LogP contribution < -0.4 is 11.3 Å². The van der Waals surface area contributed by atoms with E-state index in [1.807, 2.05) is 5.43 Å². The molecule has 1 heterocycles. The Kier molecular flexibility index (Phi) is 5.12. The molecule has 3 N–H and O–H groups in total. The number of carbonyl (C=O) groups is 1. The minimum absolute atomic E-state index is 0.108. The number of alkyl halides is 3. The summed E-state index contributed by atoms with van der Waals surface area (Å²) < 4.78 is 36.2. The first-order valence-corrected chi connectivity index (χ1v) is 6.04. The third-order valence-corrected chi connectivity index (χ3v) is 3.26. The van der Waals surface area contributed by atoms with E-state index in [2.05, 4.69) is 0 Å². The standard InChI is InChI=1S/C10H14F3N3OS/c1-16(4-3-10(11,12)13)6-7-2-5-18-8(7)9(17)15-14/h2,5H,3-4,6,14H2,1H3,(H,15,17). The molecule has 4 nitrogen and oxygen atoms in total. The molecule has 0 atom stereocenters. The normalized spacial score (nSPS) is 11.9. The second-order valence-corrected chi connectivity index (χ2v) is 4.77. The Balaban J connectivity index is 2.57. The van der Waals surface area contributed by atoms with E-state index in [9.17, 15) is 18.0 Å². The molecule has 0 radical (unpaired) electrons. The molecule has 1 amide bonds. The van der Waals surface area contributed by atoms with Gasteiger partial charge in [-0.15, -0.1) is 11.3 Å². The lowest BCUT2D eigenvalue weighted by atomic mass is 10.2. The highest BCUT2D eigenvalue weighted by atomic mass is 32.1. The van der Waals surface area contributed by atoms with E-state index < -0.39 is 18.5 Å². The van der Waals surface area contributed by atoms with Crippen molar-refractivity contribution in [3.8, 4) is 0 Å². The topological polar surface area (TPSA) is 58.4 Å². The third kappa shape index (κ3) is 4.63. The van der Waals surface area contributed by atoms with Crippen LogP contribution in [0.15, 0.2) is 11.4 Å². The largest absolute Gasteiger partial charge is 0.390 e. The Bertz CT molecular complexity index is 405. The Hall–Kier alpha value is -1.12. The zero-order valence-corrected chi connectivity index (χ0v) is 10.6. The minimum atomic E-state index is -4.17. The molecule has 1 rings (SSSR count). The smallest absolute Gasteiger partial charge is 0.302 e. The van der Waals surface area contributed by atoms with Gasteiger partial charge in [0.25, 0.3) is 5.91 Å². The van der Waals surface area contributed by atoms with Crippen LogP contribution in [0.1, 0.15) is 21.7 Å². The quantitative estimate of drug-likeness (QED) is 0.491. The molecular weight excluding hydrogens is 267 g/mol. The number of nitrogens with one attached hydrogen (secondary N) is 1. The van der Waals surface area contributed by atoms with Gasteiger partial charge in [-0.3, -0.25) is 10.2 Å². The van der Waals surface area contributed by atoms with Crippen LogP contribution in [0.3, 0.4) is 0 Å². The lowest BCUT2D eigenvalue weighted by Crippen LogP contribution is -2.31. The van der Waals surface area contributed by atoms with Crippen molar-refractivity contribution in [1.29, 1.82) is 0 Å². The van der Waals surface area contributed by atoms with Gasteiger partial charge in [0.05, 0.1) is 11.3 Å². The summed E-state index contributed by atoms with van der Waals surface area (Å²) in [4.78, 5) is 13.3. The summed E-state index contributed by atoms with van der Waals surface area (Å²) in [5.74, 6) is 4.60. The number of nitrogen functional groups attached to an aromatic ring is 1. The Labute approximate surface area is 107 Å². The molecule has 0 aliphatic rings. The number of halogens is 3. The highest BCUT2D eigenvalue weighted by Gasteiger charge is 2.27. The van der Waals surface area contributed by atoms with Crippen LogP contribution in [0.5, 0.6) is 0 Å². The van der Waals surface area contributed by atoms with Gasteiger partial charge in [-0.1, -0.05) is 0 Å². The summed E-state index contributed by atoms with van der Waals surface area (Å²) in [5, 5.41) is 1.71. The number of hydrazine groups is 1. The van der Waals surface area contributed by atoms with Gasteiger partial charge in [0.2, 0.25) is 0 Å². The lowest BCUT2D eigenvalue weighted by Gasteiger charge is -2.17. The molecule has 0 aliphatic carbocycles. The number of rotatable bonds is 5. The summed E-state index contributed by atoms with van der Waals surface area (Å²) in [5.41, 5.74) is 2.68. The van der Waals surface area contributed by atoms with Crippen LogP contribution in [-0.2, 0) is 6.54 Å². The van der Waals surface area contributed by atoms with Gasteiger partial charge in [-0.05, 0) is 24.1 Å². The van der Waals surface area contributed by atoms with Gasteiger partial charge < -0.3 is 4.90 Å². The predicted molar refractivity (Wildman–Crippen MR) is 63.0 cm³/mol. The third-order valence-electron chi connectivity index (χ3n) is 2.30. The summed E-state index contributed by atoms with van der Waals surface area (Å²) in [7, 11) is 1.58. The van der Waals surface area contributed by atoms with Crippen LogP contribution in [0.25, 0.3) is 0 Å². The van der Waals surface area contributed by atoms with E-state index >= 15 is 0 Å². The fourth-order valence-electron chi connectivity index (χ4n) is 1.41. The van der Waals surface area contributed by atoms with E-state index in [1.165, 1.54) is 16.2 Å². The zero-order valence-electron chi connectivity index (χ0n) is 9.75. The van der Waals surface area contributed by atoms with Crippen LogP contribution in [0.4, 0.5) is 13.2 Å². The van der Waals surface area contributed by atoms with Crippen molar-refractivity contribution in [2.45, 2.75) is 19.1 Å². The molecule has 0 aliphatic heterocycles. The number of amides is 1. The van der Waals surface area contributed by atoms with Gasteiger partial charge in [0.15, 0.2) is 0 Å². The van der Waals surface area contributed by atoms with Crippen molar-refractivity contribution >= 4 is 17.2 Å². The second-order valence-electron chi connectivity index (χ2n) is 3.85. The van der Waals surface area contributed by atoms with Crippen molar-refractivity contribution in [2.24, 2.45) is 5.84 Å². The Morgan fingerprint density at radius 3 is 2.78 bits per heavy atom. The highest BCUT2D eigenvalue weighted by molar-refractivity contribution is 7.12. The van der Waals surface area contributed by atoms with Gasteiger partial charge in [-0.2, -0.15) is 13.2 Å². The maximum Gasteiger partial charge on any atom is 0.390 e. The van der Waals surface area contributed by atoms with Crippen LogP contribution in [0, 0.1) is 0 Å². The molecule has 102 valence electrons. The number of thiophene rings is 1. The predicted octanol–water partition coefficient (Wildman–Crippen LogP) is 1.74. The van der Waals surface area contributed by atoms with Gasteiger partial charge in [0.1, 0.15) is 0 Å². The van der Waals surface area contributed by atoms with Gasteiger partial charge in [-0.25, -0.2) is 5.84 Å². The summed E-state index contributed by atoms with van der Waals surface area (Å²) in [6, 6.07) is 1.71. The molecule has 0 unspecified atom stereocenters. The molecule has 0 saturated heterocycles. The minimum Gasteiger partial charge on any atom is -0.302 e. The fraction of sp³-hybridized carbons (Fsp3) is 0.500. The van der Waals surface area contributed by atoms with Crippen molar-refractivity contribution < 1.29 is 18.0 Å². The molecule has 18 heavy (non-hydrogen) atoms. The highest BCUT2D eigenvalue weighted by Crippen LogP contribution is 2.21. The molecule has 1 aromatic heterocycles. The van der Waals surface area contributed by atoms with E-state index in [-0.39, 0.29) is 13.1 Å². The first kappa shape index (κ1) is 14.9. The first-order chi connectivity index (χ1) is 8.33. The Morgan fingerprint density at radius 1 is 1.56 bits per heavy atom. The van der Waals surface area contributed by atoms with Crippen LogP contribution in [-0.4, -0.2) is 30.6 Å². The molecule has 0 saturated carbocycles. The maximum atomic E-state index is 12.1. The average Bonchev–Trinajstić information content (AvgIpc) is 2.72. The number of hydrogen-bond acceptors (Lipinski definition) is 4. The molecule has 0 spiro atoms. The molecule has 0 fully saturated rings. The van der Waals surface area contributed by atoms with Crippen LogP contribution in [0.2, 0.25) is 0 Å². The van der Waals surface area contributed by atoms with Crippen molar-refractivity contribution in [3.63, 3.8) is 0 Å². The summed E-state index contributed by atoms with van der Waals surface area (Å²) in [6.07, 6.45) is -5.04. The second kappa shape index (κ2) is 6.17.